The second kappa shape index (κ2) is 9.80. The lowest BCUT2D eigenvalue weighted by atomic mass is 9.94. The average molecular weight is 464 g/mol. The standard InChI is InChI=1S/C25H29N5O4/c1-2-17(34-19-11-16-12-28-29-24(16)27-14-19)7-8-21-20-5-3-4-6-22(20)30(25(21)32)15-23(31)26-13-18-9-10-33-18/h3-6,11-12,14,17-18,21H,2,7-10,13,15H2,1H3,(H,26,31)(H,27,28,29). The van der Waals surface area contributed by atoms with Crippen molar-refractivity contribution in [2.45, 2.75) is 50.7 Å². The molecule has 0 aliphatic carbocycles. The summed E-state index contributed by atoms with van der Waals surface area (Å²) in [7, 11) is 0. The fraction of sp³-hybridized carbons (Fsp3) is 0.440. The number of hydrogen-bond donors (Lipinski definition) is 2. The Morgan fingerprint density at radius 3 is 3.00 bits per heavy atom. The van der Waals surface area contributed by atoms with Gasteiger partial charge in [-0.05, 0) is 43.4 Å². The number of nitrogens with one attached hydrogen (secondary N) is 2. The summed E-state index contributed by atoms with van der Waals surface area (Å²) in [6, 6.07) is 9.65. The van der Waals surface area contributed by atoms with Crippen molar-refractivity contribution in [3.63, 3.8) is 0 Å². The average Bonchev–Trinajstić information content (AvgIpc) is 3.38. The normalized spacial score (nSPS) is 20.1. The lowest BCUT2D eigenvalue weighted by Gasteiger charge is -2.27. The molecule has 0 radical (unpaired) electrons. The van der Waals surface area contributed by atoms with Gasteiger partial charge in [0, 0.05) is 24.2 Å². The molecule has 2 amide bonds. The van der Waals surface area contributed by atoms with Crippen molar-refractivity contribution in [1.29, 1.82) is 0 Å². The fourth-order valence-corrected chi connectivity index (χ4v) is 4.55. The van der Waals surface area contributed by atoms with E-state index in [-0.39, 0.29) is 36.5 Å². The summed E-state index contributed by atoms with van der Waals surface area (Å²) in [6.45, 7) is 3.32. The summed E-state index contributed by atoms with van der Waals surface area (Å²) >= 11 is 0. The van der Waals surface area contributed by atoms with Crippen LogP contribution in [0.4, 0.5) is 5.69 Å². The monoisotopic (exact) mass is 463 g/mol. The number of aromatic nitrogens is 3. The Kier molecular flexibility index (Phi) is 6.44. The largest absolute Gasteiger partial charge is 0.489 e. The number of anilines is 1. The molecule has 0 spiro atoms. The van der Waals surface area contributed by atoms with Gasteiger partial charge in [-0.2, -0.15) is 5.10 Å². The van der Waals surface area contributed by atoms with Gasteiger partial charge in [0.2, 0.25) is 11.8 Å². The van der Waals surface area contributed by atoms with Crippen LogP contribution in [0.5, 0.6) is 5.75 Å². The molecule has 34 heavy (non-hydrogen) atoms. The predicted octanol–water partition coefficient (Wildman–Crippen LogP) is 2.93. The molecule has 4 heterocycles. The molecular weight excluding hydrogens is 434 g/mol. The van der Waals surface area contributed by atoms with Gasteiger partial charge in [-0.3, -0.25) is 14.7 Å². The molecule has 2 N–H and O–H groups in total. The topological polar surface area (TPSA) is 109 Å². The number of para-hydroxylation sites is 1. The van der Waals surface area contributed by atoms with E-state index in [0.29, 0.717) is 25.1 Å². The smallest absolute Gasteiger partial charge is 0.240 e. The Morgan fingerprint density at radius 1 is 1.35 bits per heavy atom. The third-order valence-corrected chi connectivity index (χ3v) is 6.59. The summed E-state index contributed by atoms with van der Waals surface area (Å²) in [4.78, 5) is 31.8. The highest BCUT2D eigenvalue weighted by Crippen LogP contribution is 2.40. The van der Waals surface area contributed by atoms with Gasteiger partial charge in [0.25, 0.3) is 0 Å². The first kappa shape index (κ1) is 22.3. The van der Waals surface area contributed by atoms with Gasteiger partial charge in [-0.15, -0.1) is 0 Å². The first-order valence-corrected chi connectivity index (χ1v) is 11.9. The van der Waals surface area contributed by atoms with Crippen molar-refractivity contribution < 1.29 is 19.1 Å². The minimum atomic E-state index is -0.286. The van der Waals surface area contributed by atoms with Crippen LogP contribution in [0.15, 0.2) is 42.7 Å². The van der Waals surface area contributed by atoms with E-state index in [4.69, 9.17) is 9.47 Å². The Balaban J connectivity index is 1.22. The molecule has 9 heteroatoms. The SMILES string of the molecule is CCC(CCC1C(=O)N(CC(=O)NCC2CCO2)c2ccccc21)Oc1cnc2[nH]ncc2c1. The van der Waals surface area contributed by atoms with E-state index >= 15 is 0 Å². The number of aromatic amines is 1. The first-order valence-electron chi connectivity index (χ1n) is 11.9. The van der Waals surface area contributed by atoms with Crippen molar-refractivity contribution >= 4 is 28.5 Å². The molecule has 0 saturated carbocycles. The van der Waals surface area contributed by atoms with Gasteiger partial charge in [0.05, 0.1) is 30.5 Å². The van der Waals surface area contributed by atoms with E-state index < -0.39 is 0 Å². The second-order valence-electron chi connectivity index (χ2n) is 8.83. The molecule has 3 atom stereocenters. The molecule has 2 aliphatic heterocycles. The molecule has 5 rings (SSSR count). The number of rotatable bonds is 10. The van der Waals surface area contributed by atoms with Crippen LogP contribution < -0.4 is 15.0 Å². The molecule has 3 aromatic rings. The van der Waals surface area contributed by atoms with Gasteiger partial charge in [-0.1, -0.05) is 25.1 Å². The molecule has 1 aromatic carbocycles. The minimum absolute atomic E-state index is 0.0170. The summed E-state index contributed by atoms with van der Waals surface area (Å²) in [5.41, 5.74) is 2.51. The molecule has 1 fully saturated rings. The van der Waals surface area contributed by atoms with Crippen LogP contribution >= 0.6 is 0 Å². The summed E-state index contributed by atoms with van der Waals surface area (Å²) < 4.78 is 11.5. The fourth-order valence-electron chi connectivity index (χ4n) is 4.55. The number of nitrogens with zero attached hydrogens (tertiary/aromatic N) is 3. The van der Waals surface area contributed by atoms with Crippen molar-refractivity contribution in [1.82, 2.24) is 20.5 Å². The summed E-state index contributed by atoms with van der Waals surface area (Å²) in [5.74, 6) is 0.197. The number of amides is 2. The third kappa shape index (κ3) is 4.61. The molecule has 3 unspecified atom stereocenters. The molecular formula is C25H29N5O4. The maximum absolute atomic E-state index is 13.3. The highest BCUT2D eigenvalue weighted by molar-refractivity contribution is 6.07. The van der Waals surface area contributed by atoms with Crippen LogP contribution in [0, 0.1) is 0 Å². The predicted molar refractivity (Wildman–Crippen MR) is 127 cm³/mol. The van der Waals surface area contributed by atoms with E-state index in [9.17, 15) is 9.59 Å². The van der Waals surface area contributed by atoms with Crippen molar-refractivity contribution in [3.05, 3.63) is 48.3 Å². The molecule has 9 nitrogen and oxygen atoms in total. The zero-order valence-corrected chi connectivity index (χ0v) is 19.2. The lowest BCUT2D eigenvalue weighted by Crippen LogP contribution is -2.44. The van der Waals surface area contributed by atoms with E-state index in [1.54, 1.807) is 17.3 Å². The third-order valence-electron chi connectivity index (χ3n) is 6.59. The number of pyridine rings is 1. The Labute approximate surface area is 197 Å². The van der Waals surface area contributed by atoms with E-state index in [1.165, 1.54) is 0 Å². The van der Waals surface area contributed by atoms with E-state index in [2.05, 4.69) is 27.4 Å². The Morgan fingerprint density at radius 2 is 2.21 bits per heavy atom. The van der Waals surface area contributed by atoms with Crippen LogP contribution in [0.1, 0.15) is 44.1 Å². The summed E-state index contributed by atoms with van der Waals surface area (Å²) in [6.07, 6.45) is 6.57. The number of hydrogen-bond acceptors (Lipinski definition) is 6. The van der Waals surface area contributed by atoms with Gasteiger partial charge in [0.1, 0.15) is 12.3 Å². The zero-order chi connectivity index (χ0) is 23.5. The van der Waals surface area contributed by atoms with Crippen molar-refractivity contribution in [2.24, 2.45) is 0 Å². The number of carbonyl (C=O) groups is 2. The van der Waals surface area contributed by atoms with E-state index in [1.807, 2.05) is 30.3 Å². The van der Waals surface area contributed by atoms with Crippen LogP contribution in [-0.2, 0) is 14.3 Å². The summed E-state index contributed by atoms with van der Waals surface area (Å²) in [5, 5.41) is 10.6. The van der Waals surface area contributed by atoms with Gasteiger partial charge in [-0.25, -0.2) is 4.98 Å². The van der Waals surface area contributed by atoms with Crippen LogP contribution in [0.2, 0.25) is 0 Å². The zero-order valence-electron chi connectivity index (χ0n) is 19.2. The molecule has 178 valence electrons. The van der Waals surface area contributed by atoms with Gasteiger partial charge >= 0.3 is 0 Å². The lowest BCUT2D eigenvalue weighted by molar-refractivity contribution is -0.125. The molecule has 2 aromatic heterocycles. The Bertz CT molecular complexity index is 1170. The number of benzene rings is 1. The molecule has 1 saturated heterocycles. The maximum Gasteiger partial charge on any atom is 0.240 e. The number of H-pyrrole nitrogens is 1. The first-order chi connectivity index (χ1) is 16.6. The van der Waals surface area contributed by atoms with Crippen LogP contribution in [-0.4, -0.2) is 58.9 Å². The van der Waals surface area contributed by atoms with Gasteiger partial charge < -0.3 is 19.7 Å². The minimum Gasteiger partial charge on any atom is -0.489 e. The van der Waals surface area contributed by atoms with Gasteiger partial charge in [0.15, 0.2) is 5.65 Å². The number of carbonyl (C=O) groups excluding carboxylic acids is 2. The Hall–Kier alpha value is -3.46. The van der Waals surface area contributed by atoms with Crippen LogP contribution in [0.25, 0.3) is 11.0 Å². The molecule has 2 aliphatic rings. The highest BCUT2D eigenvalue weighted by atomic mass is 16.5. The number of fused-ring (bicyclic) bond motifs is 2. The van der Waals surface area contributed by atoms with Crippen molar-refractivity contribution in [3.8, 4) is 5.75 Å². The number of ether oxygens (including phenoxy) is 2. The van der Waals surface area contributed by atoms with Crippen LogP contribution in [0.3, 0.4) is 0 Å². The van der Waals surface area contributed by atoms with E-state index in [0.717, 1.165) is 41.7 Å². The quantitative estimate of drug-likeness (QED) is 0.479. The second-order valence-corrected chi connectivity index (χ2v) is 8.83. The highest BCUT2D eigenvalue weighted by Gasteiger charge is 2.38. The van der Waals surface area contributed by atoms with Crippen molar-refractivity contribution in [2.75, 3.05) is 24.6 Å². The molecule has 0 bridgehead atoms. The maximum atomic E-state index is 13.3.